The summed E-state index contributed by atoms with van der Waals surface area (Å²) in [4.78, 5) is 13.6. The number of carbonyl (C=O) groups excluding carboxylic acids is 1. The molecule has 0 saturated heterocycles. The maximum Gasteiger partial charge on any atom is 0.252 e. The van der Waals surface area contributed by atoms with E-state index in [0.29, 0.717) is 17.1 Å². The molecule has 124 valence electrons. The molecule has 0 aliphatic heterocycles. The molecule has 3 aromatic rings. The number of aryl methyl sites for hydroxylation is 2. The first kappa shape index (κ1) is 16.7. The number of aromatic nitrogens is 2. The van der Waals surface area contributed by atoms with Crippen LogP contribution in [0.4, 0.5) is 0 Å². The molecule has 1 N–H and O–H groups in total. The van der Waals surface area contributed by atoms with Crippen LogP contribution < -0.4 is 5.32 Å². The van der Waals surface area contributed by atoms with Crippen molar-refractivity contribution < 1.29 is 4.79 Å². The summed E-state index contributed by atoms with van der Waals surface area (Å²) in [5, 5.41) is 10.1. The van der Waals surface area contributed by atoms with Gasteiger partial charge in [-0.3, -0.25) is 9.48 Å². The maximum absolute atomic E-state index is 12.4. The quantitative estimate of drug-likeness (QED) is 0.740. The molecule has 0 saturated carbocycles. The van der Waals surface area contributed by atoms with E-state index in [1.807, 2.05) is 42.1 Å². The van der Waals surface area contributed by atoms with Crippen LogP contribution in [0.25, 0.3) is 0 Å². The Labute approximate surface area is 150 Å². The molecule has 1 unspecified atom stereocenters. The number of rotatable bonds is 5. The second kappa shape index (κ2) is 7.20. The summed E-state index contributed by atoms with van der Waals surface area (Å²) in [6.45, 7) is 4.44. The van der Waals surface area contributed by atoms with Gasteiger partial charge in [-0.05, 0) is 43.5 Å². The number of nitrogens with one attached hydrogen (secondary N) is 1. The van der Waals surface area contributed by atoms with Gasteiger partial charge in [0.2, 0.25) is 0 Å². The van der Waals surface area contributed by atoms with Gasteiger partial charge < -0.3 is 5.32 Å². The highest BCUT2D eigenvalue weighted by Gasteiger charge is 2.20. The van der Waals surface area contributed by atoms with Crippen molar-refractivity contribution in [2.24, 2.45) is 0 Å². The first-order valence-electron chi connectivity index (χ1n) is 7.65. The zero-order valence-corrected chi connectivity index (χ0v) is 15.1. The number of hydrogen-bond acceptors (Lipinski definition) is 3. The zero-order valence-electron chi connectivity index (χ0n) is 13.5. The molecule has 3 rings (SSSR count). The van der Waals surface area contributed by atoms with Gasteiger partial charge >= 0.3 is 0 Å². The topological polar surface area (TPSA) is 46.9 Å². The van der Waals surface area contributed by atoms with E-state index >= 15 is 0 Å². The molecule has 2 aromatic heterocycles. The average Bonchev–Trinajstić information content (AvgIpc) is 3.18. The van der Waals surface area contributed by atoms with Crippen LogP contribution in [0, 0.1) is 13.8 Å². The Balaban J connectivity index is 1.82. The van der Waals surface area contributed by atoms with Crippen molar-refractivity contribution >= 4 is 28.8 Å². The number of halogens is 1. The number of amides is 1. The normalized spacial score (nSPS) is 12.1. The van der Waals surface area contributed by atoms with Crippen LogP contribution in [-0.2, 0) is 0 Å². The van der Waals surface area contributed by atoms with E-state index < -0.39 is 0 Å². The third-order valence-corrected chi connectivity index (χ3v) is 5.09. The van der Waals surface area contributed by atoms with Gasteiger partial charge in [0.15, 0.2) is 0 Å². The van der Waals surface area contributed by atoms with Crippen LogP contribution in [-0.4, -0.2) is 22.2 Å². The predicted molar refractivity (Wildman–Crippen MR) is 97.9 cm³/mol. The van der Waals surface area contributed by atoms with Crippen molar-refractivity contribution in [2.75, 3.05) is 6.54 Å². The lowest BCUT2D eigenvalue weighted by molar-refractivity contribution is 0.0949. The van der Waals surface area contributed by atoms with Crippen LogP contribution in [0.5, 0.6) is 0 Å². The Bertz CT molecular complexity index is 842. The van der Waals surface area contributed by atoms with Crippen molar-refractivity contribution in [3.8, 4) is 0 Å². The SMILES string of the molecule is Cc1cc(C)n(C(CNC(=O)c2ccccc2Cl)c2cccs2)n1. The highest BCUT2D eigenvalue weighted by molar-refractivity contribution is 7.10. The number of benzene rings is 1. The van der Waals surface area contributed by atoms with E-state index in [1.54, 1.807) is 29.5 Å². The minimum atomic E-state index is -0.177. The Morgan fingerprint density at radius 1 is 1.29 bits per heavy atom. The third-order valence-electron chi connectivity index (χ3n) is 3.79. The van der Waals surface area contributed by atoms with Gasteiger partial charge in [0.1, 0.15) is 6.04 Å². The highest BCUT2D eigenvalue weighted by Crippen LogP contribution is 2.24. The first-order chi connectivity index (χ1) is 11.6. The number of carbonyl (C=O) groups is 1. The van der Waals surface area contributed by atoms with E-state index in [1.165, 1.54) is 0 Å². The van der Waals surface area contributed by atoms with Crippen LogP contribution in [0.2, 0.25) is 5.02 Å². The number of nitrogens with zero attached hydrogens (tertiary/aromatic N) is 2. The molecule has 0 bridgehead atoms. The lowest BCUT2D eigenvalue weighted by atomic mass is 10.2. The summed E-state index contributed by atoms with van der Waals surface area (Å²) in [7, 11) is 0. The summed E-state index contributed by atoms with van der Waals surface area (Å²) >= 11 is 7.76. The molecule has 1 aromatic carbocycles. The van der Waals surface area contributed by atoms with Gasteiger partial charge in [-0.25, -0.2) is 0 Å². The maximum atomic E-state index is 12.4. The number of thiophene rings is 1. The first-order valence-corrected chi connectivity index (χ1v) is 8.91. The van der Waals surface area contributed by atoms with Gasteiger partial charge in [0, 0.05) is 17.1 Å². The van der Waals surface area contributed by atoms with Crippen LogP contribution in [0.3, 0.4) is 0 Å². The van der Waals surface area contributed by atoms with E-state index in [2.05, 4.69) is 16.5 Å². The fourth-order valence-electron chi connectivity index (χ4n) is 2.68. The smallest absolute Gasteiger partial charge is 0.252 e. The van der Waals surface area contributed by atoms with Crippen molar-refractivity contribution in [1.29, 1.82) is 0 Å². The summed E-state index contributed by atoms with van der Waals surface area (Å²) in [5.41, 5.74) is 2.52. The minimum absolute atomic E-state index is 0.0369. The van der Waals surface area contributed by atoms with E-state index in [0.717, 1.165) is 16.3 Å². The molecule has 0 spiro atoms. The monoisotopic (exact) mass is 359 g/mol. The molecule has 0 aliphatic rings. The Kier molecular flexibility index (Phi) is 5.02. The minimum Gasteiger partial charge on any atom is -0.349 e. The summed E-state index contributed by atoms with van der Waals surface area (Å²) in [6.07, 6.45) is 0. The Hall–Kier alpha value is -2.11. The lowest BCUT2D eigenvalue weighted by Crippen LogP contribution is -2.32. The standard InChI is InChI=1S/C18H18ClN3OS/c1-12-10-13(2)22(21-12)16(17-8-5-9-24-17)11-20-18(23)14-6-3-4-7-15(14)19/h3-10,16H,11H2,1-2H3,(H,20,23). The van der Waals surface area contributed by atoms with Gasteiger partial charge in [0.25, 0.3) is 5.91 Å². The van der Waals surface area contributed by atoms with Crippen LogP contribution in [0.1, 0.15) is 32.7 Å². The van der Waals surface area contributed by atoms with E-state index in [9.17, 15) is 4.79 Å². The summed E-state index contributed by atoms with van der Waals surface area (Å²) in [6, 6.07) is 13.1. The highest BCUT2D eigenvalue weighted by atomic mass is 35.5. The van der Waals surface area contributed by atoms with E-state index in [4.69, 9.17) is 11.6 Å². The molecule has 24 heavy (non-hydrogen) atoms. The second-order valence-corrected chi connectivity index (χ2v) is 6.98. The molecule has 0 fully saturated rings. The molecule has 6 heteroatoms. The second-order valence-electron chi connectivity index (χ2n) is 5.59. The van der Waals surface area contributed by atoms with Crippen molar-refractivity contribution in [1.82, 2.24) is 15.1 Å². The third kappa shape index (κ3) is 3.52. The Morgan fingerprint density at radius 3 is 2.71 bits per heavy atom. The van der Waals surface area contributed by atoms with Gasteiger partial charge in [-0.15, -0.1) is 11.3 Å². The summed E-state index contributed by atoms with van der Waals surface area (Å²) in [5.74, 6) is -0.177. The number of hydrogen-bond donors (Lipinski definition) is 1. The lowest BCUT2D eigenvalue weighted by Gasteiger charge is -2.19. The Morgan fingerprint density at radius 2 is 2.08 bits per heavy atom. The fraction of sp³-hybridized carbons (Fsp3) is 0.222. The van der Waals surface area contributed by atoms with Crippen LogP contribution >= 0.6 is 22.9 Å². The molecular weight excluding hydrogens is 342 g/mol. The largest absolute Gasteiger partial charge is 0.349 e. The van der Waals surface area contributed by atoms with Gasteiger partial charge in [0.05, 0.1) is 16.3 Å². The van der Waals surface area contributed by atoms with Crippen molar-refractivity contribution in [2.45, 2.75) is 19.9 Å². The van der Waals surface area contributed by atoms with Crippen molar-refractivity contribution in [3.05, 3.63) is 74.7 Å². The van der Waals surface area contributed by atoms with Crippen LogP contribution in [0.15, 0.2) is 47.8 Å². The fourth-order valence-corrected chi connectivity index (χ4v) is 3.71. The molecular formula is C18H18ClN3OS. The molecule has 2 heterocycles. The van der Waals surface area contributed by atoms with Gasteiger partial charge in [-0.1, -0.05) is 29.8 Å². The summed E-state index contributed by atoms with van der Waals surface area (Å²) < 4.78 is 1.97. The molecule has 0 radical (unpaired) electrons. The zero-order chi connectivity index (χ0) is 17.1. The van der Waals surface area contributed by atoms with Crippen molar-refractivity contribution in [3.63, 3.8) is 0 Å². The molecule has 4 nitrogen and oxygen atoms in total. The van der Waals surface area contributed by atoms with Gasteiger partial charge in [-0.2, -0.15) is 5.10 Å². The van der Waals surface area contributed by atoms with E-state index in [-0.39, 0.29) is 11.9 Å². The predicted octanol–water partition coefficient (Wildman–Crippen LogP) is 4.23. The molecule has 0 aliphatic carbocycles. The molecule has 1 amide bonds. The average molecular weight is 360 g/mol. The molecule has 1 atom stereocenters.